The van der Waals surface area contributed by atoms with Crippen LogP contribution in [0.1, 0.15) is 15.3 Å². The van der Waals surface area contributed by atoms with E-state index in [1.807, 2.05) is 16.0 Å². The molecular formula is C10H12IN3S. The van der Waals surface area contributed by atoms with E-state index in [-0.39, 0.29) is 0 Å². The Bertz CT molecular complexity index is 487. The smallest absolute Gasteiger partial charge is 0.135 e. The van der Waals surface area contributed by atoms with E-state index in [1.165, 1.54) is 15.3 Å². The van der Waals surface area contributed by atoms with Crippen molar-refractivity contribution in [2.75, 3.05) is 5.73 Å². The Labute approximate surface area is 106 Å². The molecule has 0 unspecified atom stereocenters. The molecular weight excluding hydrogens is 321 g/mol. The van der Waals surface area contributed by atoms with Crippen LogP contribution in [0.4, 0.5) is 5.82 Å². The molecule has 80 valence electrons. The van der Waals surface area contributed by atoms with E-state index in [4.69, 9.17) is 5.73 Å². The molecule has 0 saturated carbocycles. The summed E-state index contributed by atoms with van der Waals surface area (Å²) in [4.78, 5) is 2.68. The van der Waals surface area contributed by atoms with Crippen molar-refractivity contribution in [3.63, 3.8) is 0 Å². The summed E-state index contributed by atoms with van der Waals surface area (Å²) < 4.78 is 2.85. The number of rotatable bonds is 2. The lowest BCUT2D eigenvalue weighted by molar-refractivity contribution is 0.696. The summed E-state index contributed by atoms with van der Waals surface area (Å²) in [6.07, 6.45) is 1.80. The van der Waals surface area contributed by atoms with Gasteiger partial charge in [-0.25, -0.2) is 4.68 Å². The van der Waals surface area contributed by atoms with Crippen LogP contribution in [-0.4, -0.2) is 9.78 Å². The maximum Gasteiger partial charge on any atom is 0.135 e. The van der Waals surface area contributed by atoms with E-state index in [0.717, 1.165) is 15.9 Å². The first-order valence-corrected chi connectivity index (χ1v) is 6.50. The number of aryl methyl sites for hydroxylation is 2. The van der Waals surface area contributed by atoms with Gasteiger partial charge < -0.3 is 5.73 Å². The van der Waals surface area contributed by atoms with Gasteiger partial charge in [0.2, 0.25) is 0 Å². The number of hydrogen-bond donors (Lipinski definition) is 1. The van der Waals surface area contributed by atoms with Gasteiger partial charge in [-0.15, -0.1) is 11.3 Å². The van der Waals surface area contributed by atoms with Crippen LogP contribution in [0, 0.1) is 17.4 Å². The number of halogens is 1. The Morgan fingerprint density at radius 1 is 1.53 bits per heavy atom. The Kier molecular flexibility index (Phi) is 3.01. The third-order valence-corrected chi connectivity index (χ3v) is 4.14. The fraction of sp³-hybridized carbons (Fsp3) is 0.300. The molecule has 15 heavy (non-hydrogen) atoms. The molecule has 0 atom stereocenters. The Morgan fingerprint density at radius 3 is 2.73 bits per heavy atom. The second kappa shape index (κ2) is 4.13. The van der Waals surface area contributed by atoms with Crippen molar-refractivity contribution in [3.05, 3.63) is 31.2 Å². The van der Waals surface area contributed by atoms with Gasteiger partial charge in [-0.1, -0.05) is 0 Å². The quantitative estimate of drug-likeness (QED) is 0.859. The molecule has 2 aromatic heterocycles. The first-order valence-electron chi connectivity index (χ1n) is 4.60. The van der Waals surface area contributed by atoms with Crippen LogP contribution >= 0.6 is 33.9 Å². The fourth-order valence-electron chi connectivity index (χ4n) is 1.50. The minimum absolute atomic E-state index is 0.749. The molecule has 3 nitrogen and oxygen atoms in total. The van der Waals surface area contributed by atoms with Gasteiger partial charge in [-0.05, 0) is 48.1 Å². The average Bonchev–Trinajstić information content (AvgIpc) is 2.64. The molecule has 0 amide bonds. The zero-order valence-corrected chi connectivity index (χ0v) is 11.6. The molecule has 5 heteroatoms. The van der Waals surface area contributed by atoms with Crippen molar-refractivity contribution in [3.8, 4) is 0 Å². The largest absolute Gasteiger partial charge is 0.383 e. The number of thiophene rings is 1. The number of hydrogen-bond acceptors (Lipinski definition) is 3. The summed E-state index contributed by atoms with van der Waals surface area (Å²) in [5, 5.41) is 4.25. The monoisotopic (exact) mass is 333 g/mol. The molecule has 0 aliphatic heterocycles. The lowest BCUT2D eigenvalue weighted by atomic mass is 10.2. The van der Waals surface area contributed by atoms with E-state index in [2.05, 4.69) is 47.6 Å². The molecule has 0 fully saturated rings. The summed E-state index contributed by atoms with van der Waals surface area (Å²) in [5.74, 6) is 0.749. The second-order valence-corrected chi connectivity index (χ2v) is 6.10. The van der Waals surface area contributed by atoms with Crippen LogP contribution < -0.4 is 5.73 Å². The number of nitrogens with two attached hydrogens (primary N) is 1. The maximum absolute atomic E-state index is 5.90. The third kappa shape index (κ3) is 2.17. The highest BCUT2D eigenvalue weighted by molar-refractivity contribution is 14.1. The van der Waals surface area contributed by atoms with E-state index < -0.39 is 0 Å². The molecule has 0 radical (unpaired) electrons. The van der Waals surface area contributed by atoms with Gasteiger partial charge in [0.05, 0.1) is 16.3 Å². The highest BCUT2D eigenvalue weighted by Crippen LogP contribution is 2.23. The minimum Gasteiger partial charge on any atom is -0.383 e. The maximum atomic E-state index is 5.90. The van der Waals surface area contributed by atoms with Crippen LogP contribution in [0.25, 0.3) is 0 Å². The summed E-state index contributed by atoms with van der Waals surface area (Å²) in [6, 6.07) is 2.20. The predicted molar refractivity (Wildman–Crippen MR) is 72.3 cm³/mol. The van der Waals surface area contributed by atoms with Crippen molar-refractivity contribution in [1.29, 1.82) is 0 Å². The molecule has 2 N–H and O–H groups in total. The molecule has 0 aliphatic rings. The van der Waals surface area contributed by atoms with Gasteiger partial charge in [0, 0.05) is 9.75 Å². The van der Waals surface area contributed by atoms with Crippen molar-refractivity contribution >= 4 is 39.7 Å². The highest BCUT2D eigenvalue weighted by atomic mass is 127. The molecule has 0 saturated heterocycles. The highest BCUT2D eigenvalue weighted by Gasteiger charge is 2.08. The number of nitrogens with zero attached hydrogens (tertiary/aromatic N) is 2. The summed E-state index contributed by atoms with van der Waals surface area (Å²) in [5.41, 5.74) is 7.21. The topological polar surface area (TPSA) is 43.8 Å². The van der Waals surface area contributed by atoms with Gasteiger partial charge in [-0.2, -0.15) is 5.10 Å². The third-order valence-electron chi connectivity index (χ3n) is 2.30. The fourth-order valence-corrected chi connectivity index (χ4v) is 2.84. The molecule has 2 rings (SSSR count). The van der Waals surface area contributed by atoms with Gasteiger partial charge in [0.1, 0.15) is 5.82 Å². The van der Waals surface area contributed by atoms with Crippen molar-refractivity contribution in [1.82, 2.24) is 9.78 Å². The molecule has 0 aromatic carbocycles. The lowest BCUT2D eigenvalue weighted by Gasteiger charge is -2.03. The van der Waals surface area contributed by atoms with Crippen LogP contribution in [0.15, 0.2) is 12.3 Å². The van der Waals surface area contributed by atoms with Crippen LogP contribution in [0.3, 0.4) is 0 Å². The molecule has 2 heterocycles. The van der Waals surface area contributed by atoms with Crippen molar-refractivity contribution in [2.24, 2.45) is 0 Å². The lowest BCUT2D eigenvalue weighted by Crippen LogP contribution is -2.06. The van der Waals surface area contributed by atoms with Crippen molar-refractivity contribution in [2.45, 2.75) is 20.4 Å². The second-order valence-electron chi connectivity index (χ2n) is 3.47. The molecule has 0 aliphatic carbocycles. The van der Waals surface area contributed by atoms with E-state index in [9.17, 15) is 0 Å². The zero-order valence-electron chi connectivity index (χ0n) is 8.62. The standard InChI is InChI=1S/C10H12IN3S/c1-6-3-8(7(2)15-6)5-14-10(12)9(11)4-13-14/h3-4H,5,12H2,1-2H3. The minimum atomic E-state index is 0.749. The summed E-state index contributed by atoms with van der Waals surface area (Å²) >= 11 is 4.01. The van der Waals surface area contributed by atoms with E-state index in [0.29, 0.717) is 0 Å². The molecule has 0 spiro atoms. The zero-order chi connectivity index (χ0) is 11.0. The van der Waals surface area contributed by atoms with Gasteiger partial charge in [0.25, 0.3) is 0 Å². The van der Waals surface area contributed by atoms with Crippen LogP contribution in [0.5, 0.6) is 0 Å². The SMILES string of the molecule is Cc1cc(Cn2ncc(I)c2N)c(C)s1. The Balaban J connectivity index is 2.29. The van der Waals surface area contributed by atoms with Crippen molar-refractivity contribution < 1.29 is 0 Å². The molecule has 0 bridgehead atoms. The van der Waals surface area contributed by atoms with Gasteiger partial charge in [-0.3, -0.25) is 0 Å². The first kappa shape index (κ1) is 10.9. The Morgan fingerprint density at radius 2 is 2.27 bits per heavy atom. The molecule has 2 aromatic rings. The normalized spacial score (nSPS) is 10.9. The van der Waals surface area contributed by atoms with Crippen LogP contribution in [0.2, 0.25) is 0 Å². The van der Waals surface area contributed by atoms with E-state index in [1.54, 1.807) is 6.20 Å². The summed E-state index contributed by atoms with van der Waals surface area (Å²) in [7, 11) is 0. The van der Waals surface area contributed by atoms with Crippen LogP contribution in [-0.2, 0) is 6.54 Å². The Hall–Kier alpha value is -0.560. The summed E-state index contributed by atoms with van der Waals surface area (Å²) in [6.45, 7) is 5.03. The van der Waals surface area contributed by atoms with Gasteiger partial charge in [0.15, 0.2) is 0 Å². The first-order chi connectivity index (χ1) is 7.08. The number of anilines is 1. The predicted octanol–water partition coefficient (Wildman–Crippen LogP) is 2.80. The average molecular weight is 333 g/mol. The van der Waals surface area contributed by atoms with E-state index >= 15 is 0 Å². The van der Waals surface area contributed by atoms with Gasteiger partial charge >= 0.3 is 0 Å². The number of aromatic nitrogens is 2. The number of nitrogen functional groups attached to an aromatic ring is 1.